The minimum Gasteiger partial charge on any atom is -0.263 e. The number of imide groups is 2. The zero-order valence-electron chi connectivity index (χ0n) is 13.2. The molecule has 3 rings (SSSR count). The molecule has 1 aliphatic heterocycles. The molecule has 25 heavy (non-hydrogen) atoms. The Balaban J connectivity index is 1.84. The summed E-state index contributed by atoms with van der Waals surface area (Å²) in [6.07, 6.45) is 0. The highest BCUT2D eigenvalue weighted by Gasteiger charge is 2.45. The predicted octanol–water partition coefficient (Wildman–Crippen LogP) is 2.40. The van der Waals surface area contributed by atoms with Crippen LogP contribution in [0.1, 0.15) is 11.1 Å². The van der Waals surface area contributed by atoms with Gasteiger partial charge in [-0.15, -0.1) is 0 Å². The van der Waals surface area contributed by atoms with Gasteiger partial charge in [0, 0.05) is 12.1 Å². The molecule has 8 heteroatoms. The van der Waals surface area contributed by atoms with Gasteiger partial charge in [0.25, 0.3) is 5.69 Å². The van der Waals surface area contributed by atoms with E-state index in [0.717, 1.165) is 15.4 Å². The molecule has 0 spiro atoms. The van der Waals surface area contributed by atoms with Crippen molar-refractivity contribution in [3.05, 3.63) is 69.8 Å². The van der Waals surface area contributed by atoms with Crippen LogP contribution in [0.4, 0.5) is 16.2 Å². The Hall–Kier alpha value is -3.55. The number of non-ortho nitro benzene ring substituents is 1. The molecule has 0 N–H and O–H groups in total. The molecule has 0 saturated carbocycles. The van der Waals surface area contributed by atoms with Crippen LogP contribution in [0, 0.1) is 17.0 Å². The van der Waals surface area contributed by atoms with Gasteiger partial charge in [-0.1, -0.05) is 29.8 Å². The van der Waals surface area contributed by atoms with Gasteiger partial charge in [-0.3, -0.25) is 24.6 Å². The summed E-state index contributed by atoms with van der Waals surface area (Å²) in [5.74, 6) is -1.85. The third kappa shape index (κ3) is 2.97. The molecule has 2 aromatic rings. The first-order valence-electron chi connectivity index (χ1n) is 7.38. The number of nitro benzene ring substituents is 1. The molecule has 126 valence electrons. The molecular weight excluding hydrogens is 326 g/mol. The van der Waals surface area contributed by atoms with E-state index in [9.17, 15) is 24.5 Å². The smallest absolute Gasteiger partial charge is 0.263 e. The van der Waals surface area contributed by atoms with E-state index in [0.29, 0.717) is 11.3 Å². The van der Waals surface area contributed by atoms with E-state index < -0.39 is 22.8 Å². The molecule has 0 aromatic heterocycles. The highest BCUT2D eigenvalue weighted by Crippen LogP contribution is 2.24. The topological polar surface area (TPSA) is 101 Å². The fourth-order valence-electron chi connectivity index (χ4n) is 2.47. The number of nitrogens with zero attached hydrogens (tertiary/aromatic N) is 3. The maximum atomic E-state index is 12.5. The quantitative estimate of drug-likeness (QED) is 0.368. The van der Waals surface area contributed by atoms with Gasteiger partial charge < -0.3 is 0 Å². The third-order valence-corrected chi connectivity index (χ3v) is 3.83. The van der Waals surface area contributed by atoms with Gasteiger partial charge in [0.05, 0.1) is 17.2 Å². The fourth-order valence-corrected chi connectivity index (χ4v) is 2.47. The summed E-state index contributed by atoms with van der Waals surface area (Å²) >= 11 is 0. The van der Waals surface area contributed by atoms with Crippen molar-refractivity contribution in [3.8, 4) is 0 Å². The van der Waals surface area contributed by atoms with Gasteiger partial charge in [0.15, 0.2) is 0 Å². The molecule has 2 aromatic carbocycles. The van der Waals surface area contributed by atoms with E-state index in [4.69, 9.17) is 0 Å². The van der Waals surface area contributed by atoms with Gasteiger partial charge in [-0.2, -0.15) is 0 Å². The van der Waals surface area contributed by atoms with Gasteiger partial charge in [-0.05, 0) is 24.6 Å². The molecule has 0 atom stereocenters. The lowest BCUT2D eigenvalue weighted by molar-refractivity contribution is -0.384. The Morgan fingerprint density at radius 1 is 0.920 bits per heavy atom. The number of carbonyl (C=O) groups excluding carboxylic acids is 3. The predicted molar refractivity (Wildman–Crippen MR) is 87.7 cm³/mol. The number of urea groups is 1. The molecule has 1 saturated heterocycles. The molecule has 1 fully saturated rings. The van der Waals surface area contributed by atoms with Crippen LogP contribution in [0.25, 0.3) is 0 Å². The molecular formula is C17H13N3O5. The highest BCUT2D eigenvalue weighted by molar-refractivity contribution is 6.52. The van der Waals surface area contributed by atoms with E-state index in [1.807, 2.05) is 6.92 Å². The molecule has 4 amide bonds. The van der Waals surface area contributed by atoms with Crippen LogP contribution in [0.3, 0.4) is 0 Å². The lowest BCUT2D eigenvalue weighted by Crippen LogP contribution is -2.33. The summed E-state index contributed by atoms with van der Waals surface area (Å²) in [7, 11) is 0. The average Bonchev–Trinajstić information content (AvgIpc) is 2.80. The summed E-state index contributed by atoms with van der Waals surface area (Å²) < 4.78 is 0. The SMILES string of the molecule is Cc1ccc(N2C(=O)C(=O)N(Cc3ccc([N+](=O)[O-])cc3)C2=O)cc1. The molecule has 8 nitrogen and oxygen atoms in total. The van der Waals surface area contributed by atoms with Crippen LogP contribution >= 0.6 is 0 Å². The number of carbonyl (C=O) groups is 3. The minimum atomic E-state index is -0.927. The summed E-state index contributed by atoms with van der Waals surface area (Å²) in [6, 6.07) is 11.4. The molecule has 0 radical (unpaired) electrons. The summed E-state index contributed by atoms with van der Waals surface area (Å²) in [5, 5.41) is 10.7. The summed E-state index contributed by atoms with van der Waals surface area (Å²) in [4.78, 5) is 48.6. The second-order valence-electron chi connectivity index (χ2n) is 5.57. The van der Waals surface area contributed by atoms with Crippen molar-refractivity contribution in [2.24, 2.45) is 0 Å². The monoisotopic (exact) mass is 339 g/mol. The van der Waals surface area contributed by atoms with Crippen molar-refractivity contribution in [1.29, 1.82) is 0 Å². The normalized spacial score (nSPS) is 14.4. The second kappa shape index (κ2) is 6.16. The third-order valence-electron chi connectivity index (χ3n) is 3.83. The Bertz CT molecular complexity index is 874. The van der Waals surface area contributed by atoms with E-state index in [1.54, 1.807) is 24.3 Å². The van der Waals surface area contributed by atoms with Crippen LogP contribution < -0.4 is 4.90 Å². The largest absolute Gasteiger partial charge is 0.339 e. The Morgan fingerprint density at radius 3 is 2.08 bits per heavy atom. The standard InChI is InChI=1S/C17H13N3O5/c1-11-2-6-13(7-3-11)19-16(22)15(21)18(17(19)23)10-12-4-8-14(9-5-12)20(24)25/h2-9H,10H2,1H3. The number of aryl methyl sites for hydroxylation is 1. The first-order valence-corrected chi connectivity index (χ1v) is 7.38. The van der Waals surface area contributed by atoms with Crippen LogP contribution in [0.5, 0.6) is 0 Å². The molecule has 0 aliphatic carbocycles. The highest BCUT2D eigenvalue weighted by atomic mass is 16.6. The van der Waals surface area contributed by atoms with E-state index >= 15 is 0 Å². The maximum absolute atomic E-state index is 12.5. The Morgan fingerprint density at radius 2 is 1.52 bits per heavy atom. The number of amides is 4. The Kier molecular flexibility index (Phi) is 4.02. The lowest BCUT2D eigenvalue weighted by Gasteiger charge is -2.15. The Labute approximate surface area is 142 Å². The average molecular weight is 339 g/mol. The van der Waals surface area contributed by atoms with Crippen molar-refractivity contribution in [2.45, 2.75) is 13.5 Å². The zero-order valence-corrected chi connectivity index (χ0v) is 13.2. The van der Waals surface area contributed by atoms with E-state index in [2.05, 4.69) is 0 Å². The van der Waals surface area contributed by atoms with Crippen molar-refractivity contribution < 1.29 is 19.3 Å². The van der Waals surface area contributed by atoms with Crippen LogP contribution in [0.15, 0.2) is 48.5 Å². The van der Waals surface area contributed by atoms with Crippen molar-refractivity contribution in [1.82, 2.24) is 4.90 Å². The maximum Gasteiger partial charge on any atom is 0.339 e. The van der Waals surface area contributed by atoms with Gasteiger partial charge in [-0.25, -0.2) is 9.69 Å². The van der Waals surface area contributed by atoms with E-state index in [1.165, 1.54) is 24.3 Å². The minimum absolute atomic E-state index is 0.0971. The van der Waals surface area contributed by atoms with Gasteiger partial charge in [0.2, 0.25) is 0 Å². The summed E-state index contributed by atoms with van der Waals surface area (Å²) in [5.41, 5.74) is 1.68. The van der Waals surface area contributed by atoms with E-state index in [-0.39, 0.29) is 12.2 Å². The van der Waals surface area contributed by atoms with Crippen LogP contribution in [-0.2, 0) is 16.1 Å². The number of hydrogen-bond acceptors (Lipinski definition) is 5. The van der Waals surface area contributed by atoms with Crippen molar-refractivity contribution >= 4 is 29.2 Å². The molecule has 1 heterocycles. The van der Waals surface area contributed by atoms with Crippen molar-refractivity contribution in [3.63, 3.8) is 0 Å². The molecule has 0 bridgehead atoms. The second-order valence-corrected chi connectivity index (χ2v) is 5.57. The zero-order chi connectivity index (χ0) is 18.1. The van der Waals surface area contributed by atoms with Crippen LogP contribution in [0.2, 0.25) is 0 Å². The number of rotatable bonds is 4. The number of nitro groups is 1. The van der Waals surface area contributed by atoms with Gasteiger partial charge in [0.1, 0.15) is 0 Å². The van der Waals surface area contributed by atoms with Crippen molar-refractivity contribution in [2.75, 3.05) is 4.90 Å². The van der Waals surface area contributed by atoms with Crippen LogP contribution in [-0.4, -0.2) is 27.7 Å². The number of hydrogen-bond donors (Lipinski definition) is 0. The molecule has 0 unspecified atom stereocenters. The number of anilines is 1. The number of benzene rings is 2. The lowest BCUT2D eigenvalue weighted by atomic mass is 10.2. The fraction of sp³-hybridized carbons (Fsp3) is 0.118. The first kappa shape index (κ1) is 16.3. The van der Waals surface area contributed by atoms with Gasteiger partial charge >= 0.3 is 17.8 Å². The first-order chi connectivity index (χ1) is 11.9. The summed E-state index contributed by atoms with van der Waals surface area (Å²) in [6.45, 7) is 1.73. The molecule has 1 aliphatic rings.